The van der Waals surface area contributed by atoms with Crippen LogP contribution in [0.25, 0.3) is 0 Å². The average molecular weight is 292 g/mol. The molecule has 1 aromatic heterocycles. The molecule has 4 nitrogen and oxygen atoms in total. The third-order valence-electron chi connectivity index (χ3n) is 4.83. The van der Waals surface area contributed by atoms with Crippen molar-refractivity contribution in [1.82, 2.24) is 4.90 Å². The van der Waals surface area contributed by atoms with E-state index < -0.39 is 0 Å². The summed E-state index contributed by atoms with van der Waals surface area (Å²) < 4.78 is 5.20. The van der Waals surface area contributed by atoms with E-state index >= 15 is 0 Å². The molecule has 2 bridgehead atoms. The Balaban J connectivity index is 1.76. The number of rotatable bonds is 3. The SMILES string of the molecule is CCOC(=O)c1c(N)sc2c1C1CCC2N(C2CC2)C1. The minimum Gasteiger partial charge on any atom is -0.462 e. The number of anilines is 1. The van der Waals surface area contributed by atoms with Crippen LogP contribution in [-0.4, -0.2) is 30.1 Å². The van der Waals surface area contributed by atoms with Crippen LogP contribution in [0.4, 0.5) is 5.00 Å². The van der Waals surface area contributed by atoms with Crippen molar-refractivity contribution in [3.8, 4) is 0 Å². The molecular weight excluding hydrogens is 272 g/mol. The highest BCUT2D eigenvalue weighted by molar-refractivity contribution is 7.16. The number of thiophene rings is 1. The van der Waals surface area contributed by atoms with E-state index in [9.17, 15) is 4.79 Å². The number of carbonyl (C=O) groups is 1. The Hall–Kier alpha value is -1.07. The Bertz CT molecular complexity index is 564. The molecule has 3 heterocycles. The van der Waals surface area contributed by atoms with Gasteiger partial charge in [0.05, 0.1) is 12.2 Å². The molecule has 2 unspecified atom stereocenters. The molecule has 0 aromatic carbocycles. The summed E-state index contributed by atoms with van der Waals surface area (Å²) in [5.41, 5.74) is 8.04. The minimum atomic E-state index is -0.229. The predicted molar refractivity (Wildman–Crippen MR) is 79.1 cm³/mol. The fraction of sp³-hybridized carbons (Fsp3) is 0.667. The Morgan fingerprint density at radius 1 is 1.40 bits per heavy atom. The first-order chi connectivity index (χ1) is 9.70. The number of hydrogen-bond acceptors (Lipinski definition) is 5. The van der Waals surface area contributed by atoms with Gasteiger partial charge in [-0.15, -0.1) is 11.3 Å². The average Bonchev–Trinajstić information content (AvgIpc) is 3.21. The lowest BCUT2D eigenvalue weighted by Gasteiger charge is -2.45. The van der Waals surface area contributed by atoms with Crippen molar-refractivity contribution in [2.45, 2.75) is 50.6 Å². The summed E-state index contributed by atoms with van der Waals surface area (Å²) >= 11 is 1.62. The summed E-state index contributed by atoms with van der Waals surface area (Å²) in [5.74, 6) is 0.247. The quantitative estimate of drug-likeness (QED) is 0.870. The van der Waals surface area contributed by atoms with E-state index in [0.29, 0.717) is 29.1 Å². The Kier molecular flexibility index (Phi) is 2.82. The molecule has 20 heavy (non-hydrogen) atoms. The van der Waals surface area contributed by atoms with E-state index in [1.807, 2.05) is 6.92 Å². The molecule has 108 valence electrons. The summed E-state index contributed by atoms with van der Waals surface area (Å²) in [4.78, 5) is 16.2. The Labute approximate surface area is 122 Å². The number of esters is 1. The molecule has 2 aliphatic heterocycles. The topological polar surface area (TPSA) is 55.6 Å². The molecule has 0 spiro atoms. The molecule has 1 aromatic rings. The van der Waals surface area contributed by atoms with E-state index in [1.54, 1.807) is 11.3 Å². The van der Waals surface area contributed by atoms with Gasteiger partial charge in [0.25, 0.3) is 0 Å². The molecule has 4 aliphatic rings. The van der Waals surface area contributed by atoms with Gasteiger partial charge < -0.3 is 10.5 Å². The van der Waals surface area contributed by atoms with Crippen LogP contribution in [0.2, 0.25) is 0 Å². The van der Waals surface area contributed by atoms with Crippen molar-refractivity contribution < 1.29 is 9.53 Å². The van der Waals surface area contributed by atoms with E-state index in [0.717, 1.165) is 12.6 Å². The molecule has 2 atom stereocenters. The maximum absolute atomic E-state index is 12.2. The summed E-state index contributed by atoms with van der Waals surface area (Å²) in [7, 11) is 0. The van der Waals surface area contributed by atoms with E-state index in [4.69, 9.17) is 10.5 Å². The number of hydrogen-bond donors (Lipinski definition) is 1. The van der Waals surface area contributed by atoms with Gasteiger partial charge in [-0.1, -0.05) is 0 Å². The number of carbonyl (C=O) groups excluding carboxylic acids is 1. The highest BCUT2D eigenvalue weighted by Crippen LogP contribution is 2.55. The normalized spacial score (nSPS) is 28.4. The summed E-state index contributed by atoms with van der Waals surface area (Å²) in [6.45, 7) is 3.35. The number of fused-ring (bicyclic) bond motifs is 2. The molecule has 1 saturated heterocycles. The van der Waals surface area contributed by atoms with Gasteiger partial charge in [-0.2, -0.15) is 0 Å². The summed E-state index contributed by atoms with van der Waals surface area (Å²) in [6.07, 6.45) is 5.08. The van der Waals surface area contributed by atoms with Gasteiger partial charge in [0.2, 0.25) is 0 Å². The second-order valence-electron chi connectivity index (χ2n) is 6.06. The van der Waals surface area contributed by atoms with Crippen LogP contribution in [0.5, 0.6) is 0 Å². The number of nitrogen functional groups attached to an aromatic ring is 1. The second-order valence-corrected chi connectivity index (χ2v) is 7.14. The lowest BCUT2D eigenvalue weighted by molar-refractivity contribution is 0.0520. The van der Waals surface area contributed by atoms with Crippen molar-refractivity contribution in [2.24, 2.45) is 0 Å². The number of nitrogens with zero attached hydrogens (tertiary/aromatic N) is 1. The van der Waals surface area contributed by atoms with Gasteiger partial charge in [-0.3, -0.25) is 4.90 Å². The molecule has 2 aliphatic carbocycles. The van der Waals surface area contributed by atoms with Crippen molar-refractivity contribution >= 4 is 22.3 Å². The van der Waals surface area contributed by atoms with Crippen molar-refractivity contribution in [3.05, 3.63) is 16.0 Å². The van der Waals surface area contributed by atoms with Gasteiger partial charge in [-0.25, -0.2) is 4.79 Å². The van der Waals surface area contributed by atoms with Crippen molar-refractivity contribution in [1.29, 1.82) is 0 Å². The van der Waals surface area contributed by atoms with E-state index in [-0.39, 0.29) is 5.97 Å². The first kappa shape index (κ1) is 12.7. The number of nitrogens with two attached hydrogens (primary N) is 1. The van der Waals surface area contributed by atoms with Gasteiger partial charge >= 0.3 is 5.97 Å². The third kappa shape index (κ3) is 1.72. The minimum absolute atomic E-state index is 0.229. The first-order valence-electron chi connectivity index (χ1n) is 7.55. The van der Waals surface area contributed by atoms with Crippen LogP contribution in [0, 0.1) is 0 Å². The highest BCUT2D eigenvalue weighted by atomic mass is 32.1. The van der Waals surface area contributed by atoms with Crippen molar-refractivity contribution in [2.75, 3.05) is 18.9 Å². The fourth-order valence-corrected chi connectivity index (χ4v) is 5.17. The van der Waals surface area contributed by atoms with Crippen LogP contribution >= 0.6 is 11.3 Å². The lowest BCUT2D eigenvalue weighted by Crippen LogP contribution is -2.43. The van der Waals surface area contributed by atoms with Crippen LogP contribution in [0.1, 0.15) is 65.4 Å². The molecule has 0 amide bonds. The van der Waals surface area contributed by atoms with Gasteiger partial charge in [-0.05, 0) is 44.1 Å². The number of ether oxygens (including phenoxy) is 1. The molecule has 0 radical (unpaired) electrons. The van der Waals surface area contributed by atoms with Crippen LogP contribution in [0.3, 0.4) is 0 Å². The van der Waals surface area contributed by atoms with E-state index in [2.05, 4.69) is 4.90 Å². The molecular formula is C15H20N2O2S. The van der Waals surface area contributed by atoms with Gasteiger partial charge in [0.15, 0.2) is 0 Å². The molecule has 2 fully saturated rings. The largest absolute Gasteiger partial charge is 0.462 e. The van der Waals surface area contributed by atoms with Crippen LogP contribution in [0.15, 0.2) is 0 Å². The Morgan fingerprint density at radius 2 is 2.20 bits per heavy atom. The lowest BCUT2D eigenvalue weighted by atomic mass is 9.77. The predicted octanol–water partition coefficient (Wildman–Crippen LogP) is 2.90. The zero-order valence-electron chi connectivity index (χ0n) is 11.7. The van der Waals surface area contributed by atoms with Crippen LogP contribution in [-0.2, 0) is 4.74 Å². The van der Waals surface area contributed by atoms with Crippen molar-refractivity contribution in [3.63, 3.8) is 0 Å². The smallest absolute Gasteiger partial charge is 0.341 e. The van der Waals surface area contributed by atoms with Crippen LogP contribution < -0.4 is 5.73 Å². The standard InChI is InChI=1S/C15H20N2O2S/c1-2-19-15(18)12-11-8-3-6-10(13(11)20-14(12)16)17(7-8)9-4-5-9/h8-10H,2-7,16H2,1H3. The third-order valence-corrected chi connectivity index (χ3v) is 5.96. The Morgan fingerprint density at radius 3 is 2.90 bits per heavy atom. The maximum atomic E-state index is 12.2. The van der Waals surface area contributed by atoms with Gasteiger partial charge in [0, 0.05) is 23.5 Å². The summed E-state index contributed by atoms with van der Waals surface area (Å²) in [5, 5.41) is 0.656. The monoisotopic (exact) mass is 292 g/mol. The number of piperidine rings is 1. The molecule has 1 saturated carbocycles. The zero-order valence-corrected chi connectivity index (χ0v) is 12.5. The first-order valence-corrected chi connectivity index (χ1v) is 8.37. The second kappa shape index (κ2) is 4.46. The van der Waals surface area contributed by atoms with Gasteiger partial charge in [0.1, 0.15) is 5.00 Å². The molecule has 5 rings (SSSR count). The molecule has 2 N–H and O–H groups in total. The molecule has 5 heteroatoms. The highest BCUT2D eigenvalue weighted by Gasteiger charge is 2.47. The zero-order chi connectivity index (χ0) is 13.9. The summed E-state index contributed by atoms with van der Waals surface area (Å²) in [6, 6.07) is 1.28. The van der Waals surface area contributed by atoms with E-state index in [1.165, 1.54) is 36.1 Å². The fourth-order valence-electron chi connectivity index (χ4n) is 3.87. The maximum Gasteiger partial charge on any atom is 0.341 e.